The lowest BCUT2D eigenvalue weighted by Gasteiger charge is -2.40. The van der Waals surface area contributed by atoms with Gasteiger partial charge in [-0.15, -0.1) is 0 Å². The van der Waals surface area contributed by atoms with Gasteiger partial charge in [-0.2, -0.15) is 0 Å². The third-order valence-electron chi connectivity index (χ3n) is 4.17. The van der Waals surface area contributed by atoms with E-state index in [0.29, 0.717) is 6.04 Å². The molecule has 1 unspecified atom stereocenters. The molecule has 0 saturated carbocycles. The Balaban J connectivity index is 2.03. The highest BCUT2D eigenvalue weighted by Gasteiger charge is 2.26. The molecule has 21 heavy (non-hydrogen) atoms. The molecule has 2 nitrogen and oxygen atoms in total. The molecule has 0 radical (unpaired) electrons. The van der Waals surface area contributed by atoms with E-state index in [2.05, 4.69) is 82.5 Å². The van der Waals surface area contributed by atoms with Crippen molar-refractivity contribution in [3.05, 3.63) is 63.6 Å². The van der Waals surface area contributed by atoms with Gasteiger partial charge in [0.2, 0.25) is 0 Å². The molecular formula is C18H21BrN2. The molecule has 1 heterocycles. The van der Waals surface area contributed by atoms with E-state index in [1.54, 1.807) is 0 Å². The molecule has 0 aromatic heterocycles. The summed E-state index contributed by atoms with van der Waals surface area (Å²) in [5, 5.41) is 3.53. The van der Waals surface area contributed by atoms with Gasteiger partial charge >= 0.3 is 0 Å². The second-order valence-corrected chi connectivity index (χ2v) is 6.63. The van der Waals surface area contributed by atoms with E-state index in [9.17, 15) is 0 Å². The van der Waals surface area contributed by atoms with Crippen LogP contribution in [0, 0.1) is 13.8 Å². The average Bonchev–Trinajstić information content (AvgIpc) is 2.48. The number of rotatable bonds is 2. The molecule has 110 valence electrons. The summed E-state index contributed by atoms with van der Waals surface area (Å²) in [4.78, 5) is 2.56. The van der Waals surface area contributed by atoms with Gasteiger partial charge in [0.25, 0.3) is 0 Å². The topological polar surface area (TPSA) is 15.3 Å². The molecule has 1 saturated heterocycles. The van der Waals surface area contributed by atoms with E-state index < -0.39 is 0 Å². The molecule has 3 rings (SSSR count). The second-order valence-electron chi connectivity index (χ2n) is 5.71. The Hall–Kier alpha value is -1.32. The average molecular weight is 345 g/mol. The molecule has 0 bridgehead atoms. The molecular weight excluding hydrogens is 324 g/mol. The SMILES string of the molecule is Cc1cc(Br)cc(C)c1N1CCNCC1c1ccccc1. The van der Waals surface area contributed by atoms with E-state index in [-0.39, 0.29) is 0 Å². The lowest BCUT2D eigenvalue weighted by atomic mass is 9.99. The Kier molecular flexibility index (Phi) is 4.32. The lowest BCUT2D eigenvalue weighted by Crippen LogP contribution is -2.46. The number of hydrogen-bond donors (Lipinski definition) is 1. The maximum Gasteiger partial charge on any atom is 0.0667 e. The zero-order valence-electron chi connectivity index (χ0n) is 12.6. The van der Waals surface area contributed by atoms with Crippen LogP contribution in [0.15, 0.2) is 46.9 Å². The van der Waals surface area contributed by atoms with Gasteiger partial charge in [0, 0.05) is 29.8 Å². The number of halogens is 1. The Morgan fingerprint density at radius 1 is 1.10 bits per heavy atom. The van der Waals surface area contributed by atoms with E-state index >= 15 is 0 Å². The van der Waals surface area contributed by atoms with Crippen LogP contribution in [-0.4, -0.2) is 19.6 Å². The summed E-state index contributed by atoms with van der Waals surface area (Å²) in [6.07, 6.45) is 0. The highest BCUT2D eigenvalue weighted by Crippen LogP contribution is 2.35. The first-order valence-corrected chi connectivity index (χ1v) is 8.25. The monoisotopic (exact) mass is 344 g/mol. The van der Waals surface area contributed by atoms with Gasteiger partial charge in [-0.05, 0) is 42.7 Å². The first-order chi connectivity index (χ1) is 10.2. The summed E-state index contributed by atoms with van der Waals surface area (Å²) >= 11 is 3.60. The van der Waals surface area contributed by atoms with Crippen molar-refractivity contribution in [2.75, 3.05) is 24.5 Å². The van der Waals surface area contributed by atoms with Crippen LogP contribution in [0.4, 0.5) is 5.69 Å². The minimum absolute atomic E-state index is 0.401. The number of nitrogens with zero attached hydrogens (tertiary/aromatic N) is 1. The summed E-state index contributed by atoms with van der Waals surface area (Å²) in [7, 11) is 0. The van der Waals surface area contributed by atoms with E-state index in [1.807, 2.05) is 0 Å². The first kappa shape index (κ1) is 14.6. The van der Waals surface area contributed by atoms with Gasteiger partial charge < -0.3 is 10.2 Å². The molecule has 0 aliphatic carbocycles. The molecule has 0 spiro atoms. The van der Waals surface area contributed by atoms with Crippen LogP contribution < -0.4 is 10.2 Å². The minimum Gasteiger partial charge on any atom is -0.361 e. The summed E-state index contributed by atoms with van der Waals surface area (Å²) in [5.41, 5.74) is 5.44. The molecule has 1 atom stereocenters. The fourth-order valence-corrected chi connectivity index (χ4v) is 3.99. The zero-order valence-corrected chi connectivity index (χ0v) is 14.2. The summed E-state index contributed by atoms with van der Waals surface area (Å²) < 4.78 is 1.16. The first-order valence-electron chi connectivity index (χ1n) is 7.46. The summed E-state index contributed by atoms with van der Waals surface area (Å²) in [6, 6.07) is 15.6. The normalized spacial score (nSPS) is 18.8. The van der Waals surface area contributed by atoms with Crippen molar-refractivity contribution in [1.82, 2.24) is 5.32 Å². The Labute approximate surface area is 135 Å². The Morgan fingerprint density at radius 2 is 1.76 bits per heavy atom. The van der Waals surface area contributed by atoms with Gasteiger partial charge in [-0.3, -0.25) is 0 Å². The van der Waals surface area contributed by atoms with Crippen molar-refractivity contribution < 1.29 is 0 Å². The van der Waals surface area contributed by atoms with Crippen LogP contribution in [0.5, 0.6) is 0 Å². The van der Waals surface area contributed by atoms with Crippen molar-refractivity contribution in [3.63, 3.8) is 0 Å². The van der Waals surface area contributed by atoms with Crippen LogP contribution >= 0.6 is 15.9 Å². The van der Waals surface area contributed by atoms with Crippen LogP contribution in [-0.2, 0) is 0 Å². The van der Waals surface area contributed by atoms with Gasteiger partial charge in [0.05, 0.1) is 6.04 Å². The number of hydrogen-bond acceptors (Lipinski definition) is 2. The Bertz CT molecular complexity index is 601. The third-order valence-corrected chi connectivity index (χ3v) is 4.63. The van der Waals surface area contributed by atoms with Crippen LogP contribution in [0.3, 0.4) is 0 Å². The van der Waals surface area contributed by atoms with Crippen LogP contribution in [0.2, 0.25) is 0 Å². The van der Waals surface area contributed by atoms with Gasteiger partial charge in [-0.1, -0.05) is 46.3 Å². The minimum atomic E-state index is 0.401. The third kappa shape index (κ3) is 2.99. The van der Waals surface area contributed by atoms with Crippen molar-refractivity contribution in [2.24, 2.45) is 0 Å². The van der Waals surface area contributed by atoms with E-state index in [0.717, 1.165) is 24.1 Å². The standard InChI is InChI=1S/C18H21BrN2/c1-13-10-16(19)11-14(2)18(13)21-9-8-20-12-17(21)15-6-4-3-5-7-15/h3-7,10-11,17,20H,8-9,12H2,1-2H3. The molecule has 3 heteroatoms. The quantitative estimate of drug-likeness (QED) is 0.877. The summed E-state index contributed by atoms with van der Waals surface area (Å²) in [5.74, 6) is 0. The van der Waals surface area contributed by atoms with Crippen molar-refractivity contribution in [3.8, 4) is 0 Å². The maximum atomic E-state index is 3.60. The maximum absolute atomic E-state index is 3.60. The van der Waals surface area contributed by atoms with Crippen molar-refractivity contribution in [1.29, 1.82) is 0 Å². The van der Waals surface area contributed by atoms with Gasteiger partial charge in [0.1, 0.15) is 0 Å². The summed E-state index contributed by atoms with van der Waals surface area (Å²) in [6.45, 7) is 7.49. The molecule has 0 amide bonds. The van der Waals surface area contributed by atoms with Crippen LogP contribution in [0.25, 0.3) is 0 Å². The van der Waals surface area contributed by atoms with Crippen LogP contribution in [0.1, 0.15) is 22.7 Å². The van der Waals surface area contributed by atoms with E-state index in [4.69, 9.17) is 0 Å². The predicted octanol–water partition coefficient (Wildman–Crippen LogP) is 4.22. The molecule has 2 aromatic rings. The highest BCUT2D eigenvalue weighted by atomic mass is 79.9. The van der Waals surface area contributed by atoms with Crippen molar-refractivity contribution in [2.45, 2.75) is 19.9 Å². The van der Waals surface area contributed by atoms with Gasteiger partial charge in [-0.25, -0.2) is 0 Å². The predicted molar refractivity (Wildman–Crippen MR) is 93.0 cm³/mol. The molecule has 1 fully saturated rings. The molecule has 1 aliphatic heterocycles. The number of piperazine rings is 1. The number of aryl methyl sites for hydroxylation is 2. The number of anilines is 1. The lowest BCUT2D eigenvalue weighted by molar-refractivity contribution is 0.488. The fraction of sp³-hybridized carbons (Fsp3) is 0.333. The Morgan fingerprint density at radius 3 is 2.43 bits per heavy atom. The number of nitrogens with one attached hydrogen (secondary N) is 1. The van der Waals surface area contributed by atoms with Crippen molar-refractivity contribution >= 4 is 21.6 Å². The fourth-order valence-electron chi connectivity index (χ4n) is 3.30. The smallest absolute Gasteiger partial charge is 0.0667 e. The molecule has 2 aromatic carbocycles. The van der Waals surface area contributed by atoms with E-state index in [1.165, 1.54) is 22.4 Å². The molecule has 1 aliphatic rings. The zero-order chi connectivity index (χ0) is 14.8. The number of benzene rings is 2. The van der Waals surface area contributed by atoms with Gasteiger partial charge in [0.15, 0.2) is 0 Å². The highest BCUT2D eigenvalue weighted by molar-refractivity contribution is 9.10. The largest absolute Gasteiger partial charge is 0.361 e. The molecule has 1 N–H and O–H groups in total. The second kappa shape index (κ2) is 6.20.